The highest BCUT2D eigenvalue weighted by atomic mass is 32.2. The van der Waals surface area contributed by atoms with E-state index in [1.54, 1.807) is 24.2 Å². The predicted octanol–water partition coefficient (Wildman–Crippen LogP) is 2.59. The molecule has 1 saturated heterocycles. The van der Waals surface area contributed by atoms with E-state index >= 15 is 0 Å². The predicted molar refractivity (Wildman–Crippen MR) is 64.3 cm³/mol. The molecule has 2 unspecified atom stereocenters. The van der Waals surface area contributed by atoms with Crippen molar-refractivity contribution in [2.45, 2.75) is 12.5 Å². The second-order valence-electron chi connectivity index (χ2n) is 4.31. The van der Waals surface area contributed by atoms with Crippen LogP contribution in [0, 0.1) is 11.7 Å². The number of hydrogen-bond acceptors (Lipinski definition) is 3. The van der Waals surface area contributed by atoms with Crippen molar-refractivity contribution in [1.82, 2.24) is 9.29 Å². The number of aromatic nitrogens is 1. The van der Waals surface area contributed by atoms with Gasteiger partial charge in [0, 0.05) is 24.3 Å². The lowest BCUT2D eigenvalue weighted by atomic mass is 10.0. The van der Waals surface area contributed by atoms with Crippen LogP contribution in [0.3, 0.4) is 0 Å². The van der Waals surface area contributed by atoms with E-state index in [4.69, 9.17) is 0 Å². The van der Waals surface area contributed by atoms with Crippen molar-refractivity contribution in [1.29, 1.82) is 0 Å². The van der Waals surface area contributed by atoms with Gasteiger partial charge in [0.1, 0.15) is 5.82 Å². The van der Waals surface area contributed by atoms with Gasteiger partial charge in [-0.25, -0.2) is 8.70 Å². The summed E-state index contributed by atoms with van der Waals surface area (Å²) in [7, 11) is 0. The average Bonchev–Trinajstić information content (AvgIpc) is 2.87. The quantitative estimate of drug-likeness (QED) is 0.734. The molecular weight excluding hydrogens is 223 g/mol. The zero-order chi connectivity index (χ0) is 11.1. The fourth-order valence-electron chi connectivity index (χ4n) is 2.67. The average molecular weight is 236 g/mol. The Labute approximate surface area is 98.7 Å². The topological polar surface area (TPSA) is 16.1 Å². The third-order valence-electron chi connectivity index (χ3n) is 3.34. The van der Waals surface area contributed by atoms with Crippen LogP contribution in [0.4, 0.5) is 4.39 Å². The number of halogens is 1. The van der Waals surface area contributed by atoms with E-state index in [0.717, 1.165) is 12.1 Å². The van der Waals surface area contributed by atoms with Gasteiger partial charge in [0.15, 0.2) is 0 Å². The SMILES string of the molecule is CSN1CC2C=C(c3cncc(F)c3)C1C2. The molecule has 0 radical (unpaired) electrons. The standard InChI is InChI=1S/C12H13FN2S/c1-16-15-7-8-2-11(12(15)3-8)9-4-10(13)6-14-5-9/h2,4-6,8,12H,3,7H2,1H3. The van der Waals surface area contributed by atoms with E-state index in [9.17, 15) is 4.39 Å². The minimum absolute atomic E-state index is 0.253. The van der Waals surface area contributed by atoms with Crippen molar-refractivity contribution in [3.05, 3.63) is 35.9 Å². The van der Waals surface area contributed by atoms with Gasteiger partial charge in [-0.05, 0) is 30.2 Å². The lowest BCUT2D eigenvalue weighted by molar-refractivity contribution is 0.501. The minimum Gasteiger partial charge on any atom is -0.261 e. The van der Waals surface area contributed by atoms with Crippen LogP contribution < -0.4 is 0 Å². The monoisotopic (exact) mass is 236 g/mol. The molecule has 3 rings (SSSR count). The van der Waals surface area contributed by atoms with Crippen molar-refractivity contribution < 1.29 is 4.39 Å². The fraction of sp³-hybridized carbons (Fsp3) is 0.417. The van der Waals surface area contributed by atoms with Crippen molar-refractivity contribution in [3.63, 3.8) is 0 Å². The molecule has 0 amide bonds. The molecule has 1 aliphatic heterocycles. The lowest BCUT2D eigenvalue weighted by Crippen LogP contribution is -2.25. The first-order valence-electron chi connectivity index (χ1n) is 5.41. The molecule has 0 spiro atoms. The van der Waals surface area contributed by atoms with Crippen LogP contribution in [0.2, 0.25) is 0 Å². The third kappa shape index (κ3) is 1.57. The van der Waals surface area contributed by atoms with E-state index in [1.165, 1.54) is 18.2 Å². The molecule has 0 N–H and O–H groups in total. The molecule has 2 bridgehead atoms. The zero-order valence-electron chi connectivity index (χ0n) is 9.06. The summed E-state index contributed by atoms with van der Waals surface area (Å²) in [5.74, 6) is 0.382. The van der Waals surface area contributed by atoms with Gasteiger partial charge < -0.3 is 0 Å². The molecule has 84 valence electrons. The normalized spacial score (nSPS) is 28.5. The van der Waals surface area contributed by atoms with E-state index in [1.807, 2.05) is 0 Å². The summed E-state index contributed by atoms with van der Waals surface area (Å²) in [6, 6.07) is 2.03. The fourth-order valence-corrected chi connectivity index (χ4v) is 3.46. The molecule has 4 heteroatoms. The number of fused-ring (bicyclic) bond motifs is 2. The van der Waals surface area contributed by atoms with Gasteiger partial charge in [-0.15, -0.1) is 0 Å². The highest BCUT2D eigenvalue weighted by molar-refractivity contribution is 7.96. The molecule has 1 aromatic rings. The number of pyridine rings is 1. The number of nitrogens with zero attached hydrogens (tertiary/aromatic N) is 2. The summed E-state index contributed by atoms with van der Waals surface area (Å²) < 4.78 is 15.5. The van der Waals surface area contributed by atoms with Crippen LogP contribution in [0.5, 0.6) is 0 Å². The van der Waals surface area contributed by atoms with Gasteiger partial charge >= 0.3 is 0 Å². The van der Waals surface area contributed by atoms with E-state index in [2.05, 4.69) is 21.6 Å². The van der Waals surface area contributed by atoms with Crippen LogP contribution in [0.25, 0.3) is 5.57 Å². The van der Waals surface area contributed by atoms with Crippen LogP contribution in [0.1, 0.15) is 12.0 Å². The molecule has 2 aliphatic rings. The molecule has 1 fully saturated rings. The smallest absolute Gasteiger partial charge is 0.142 e. The van der Waals surface area contributed by atoms with Crippen molar-refractivity contribution in [2.75, 3.05) is 12.8 Å². The van der Waals surface area contributed by atoms with E-state index < -0.39 is 0 Å². The Morgan fingerprint density at radius 1 is 1.50 bits per heavy atom. The second-order valence-corrected chi connectivity index (χ2v) is 5.14. The summed E-state index contributed by atoms with van der Waals surface area (Å²) in [6.45, 7) is 1.12. The van der Waals surface area contributed by atoms with Crippen LogP contribution >= 0.6 is 11.9 Å². The summed E-state index contributed by atoms with van der Waals surface area (Å²) >= 11 is 1.78. The van der Waals surface area contributed by atoms with Crippen LogP contribution in [0.15, 0.2) is 24.5 Å². The van der Waals surface area contributed by atoms with Gasteiger partial charge in [0.25, 0.3) is 0 Å². The highest BCUT2D eigenvalue weighted by Gasteiger charge is 2.39. The Hall–Kier alpha value is -0.870. The molecule has 2 nitrogen and oxygen atoms in total. The first kappa shape index (κ1) is 10.3. The molecule has 2 heterocycles. The van der Waals surface area contributed by atoms with Crippen LogP contribution in [-0.4, -0.2) is 28.1 Å². The summed E-state index contributed by atoms with van der Waals surface area (Å²) in [6.07, 6.45) is 8.57. The van der Waals surface area contributed by atoms with Gasteiger partial charge in [-0.2, -0.15) is 0 Å². The van der Waals surface area contributed by atoms with Crippen LogP contribution in [-0.2, 0) is 0 Å². The maximum atomic E-state index is 13.1. The van der Waals surface area contributed by atoms with Gasteiger partial charge in [-0.3, -0.25) is 4.98 Å². The maximum absolute atomic E-state index is 13.1. The summed E-state index contributed by atoms with van der Waals surface area (Å²) in [4.78, 5) is 3.92. The summed E-state index contributed by atoms with van der Waals surface area (Å²) in [5.41, 5.74) is 2.18. The van der Waals surface area contributed by atoms with Gasteiger partial charge in [-0.1, -0.05) is 18.0 Å². The minimum atomic E-state index is -0.253. The van der Waals surface area contributed by atoms with Crippen molar-refractivity contribution in [2.24, 2.45) is 5.92 Å². The molecule has 0 saturated carbocycles. The van der Waals surface area contributed by atoms with Crippen molar-refractivity contribution >= 4 is 17.5 Å². The molecular formula is C12H13FN2S. The lowest BCUT2D eigenvalue weighted by Gasteiger charge is -2.25. The zero-order valence-corrected chi connectivity index (χ0v) is 9.88. The molecule has 0 aromatic carbocycles. The Kier molecular flexibility index (Phi) is 2.48. The molecule has 2 atom stereocenters. The Balaban J connectivity index is 1.95. The first-order valence-corrected chi connectivity index (χ1v) is 6.59. The van der Waals surface area contributed by atoms with Gasteiger partial charge in [0.05, 0.1) is 6.20 Å². The Bertz CT molecular complexity index is 446. The second kappa shape index (κ2) is 3.86. The highest BCUT2D eigenvalue weighted by Crippen LogP contribution is 2.43. The van der Waals surface area contributed by atoms with E-state index in [0.29, 0.717) is 12.0 Å². The third-order valence-corrected chi connectivity index (χ3v) is 4.21. The summed E-state index contributed by atoms with van der Waals surface area (Å²) in [5, 5.41) is 0. The molecule has 1 aromatic heterocycles. The Morgan fingerprint density at radius 2 is 2.38 bits per heavy atom. The number of rotatable bonds is 2. The Morgan fingerprint density at radius 3 is 3.06 bits per heavy atom. The molecule has 1 aliphatic carbocycles. The van der Waals surface area contributed by atoms with E-state index in [-0.39, 0.29) is 5.82 Å². The largest absolute Gasteiger partial charge is 0.261 e. The first-order chi connectivity index (χ1) is 7.78. The molecule has 16 heavy (non-hydrogen) atoms. The van der Waals surface area contributed by atoms with Crippen molar-refractivity contribution in [3.8, 4) is 0 Å². The number of hydrogen-bond donors (Lipinski definition) is 0. The van der Waals surface area contributed by atoms with Gasteiger partial charge in [0.2, 0.25) is 0 Å². The maximum Gasteiger partial charge on any atom is 0.142 e.